The first-order chi connectivity index (χ1) is 6.66. The third kappa shape index (κ3) is 2.56. The molecule has 1 aliphatic rings. The van der Waals surface area contributed by atoms with Crippen molar-refractivity contribution in [1.29, 1.82) is 0 Å². The lowest BCUT2D eigenvalue weighted by molar-refractivity contribution is -0.148. The lowest BCUT2D eigenvalue weighted by Crippen LogP contribution is -2.30. The van der Waals surface area contributed by atoms with Gasteiger partial charge < -0.3 is 5.11 Å². The smallest absolute Gasteiger partial charge is 0.314 e. The van der Waals surface area contributed by atoms with E-state index in [1.54, 1.807) is 6.92 Å². The van der Waals surface area contributed by atoms with Gasteiger partial charge in [0.15, 0.2) is 0 Å². The summed E-state index contributed by atoms with van der Waals surface area (Å²) in [6.45, 7) is 1.76. The number of carboxylic acids is 1. The Morgan fingerprint density at radius 3 is 2.29 bits per heavy atom. The number of carbonyl (C=O) groups is 2. The molecule has 1 fully saturated rings. The third-order valence-corrected chi connectivity index (χ3v) is 3.06. The van der Waals surface area contributed by atoms with Crippen LogP contribution >= 0.6 is 0 Å². The minimum atomic E-state index is -0.955. The molecule has 0 aromatic carbocycles. The minimum absolute atomic E-state index is 0.0183. The van der Waals surface area contributed by atoms with Gasteiger partial charge in [0.05, 0.1) is 0 Å². The first-order valence-electron chi connectivity index (χ1n) is 5.43. The maximum atomic E-state index is 11.8. The third-order valence-electron chi connectivity index (χ3n) is 3.06. The summed E-state index contributed by atoms with van der Waals surface area (Å²) in [5.41, 5.74) is 0. The van der Waals surface area contributed by atoms with Crippen LogP contribution in [0.4, 0.5) is 0 Å². The second-order valence-electron chi connectivity index (χ2n) is 4.04. The van der Waals surface area contributed by atoms with Gasteiger partial charge in [0.25, 0.3) is 0 Å². The fraction of sp³-hybridized carbons (Fsp3) is 0.818. The molecule has 1 saturated carbocycles. The van der Waals surface area contributed by atoms with E-state index >= 15 is 0 Å². The summed E-state index contributed by atoms with van der Waals surface area (Å²) in [5.74, 6) is -1.74. The number of Topliss-reactive ketones (excluding diaryl/α,β-unsaturated/α-hetero) is 1. The highest BCUT2D eigenvalue weighted by Crippen LogP contribution is 2.27. The average molecular weight is 198 g/mol. The standard InChI is InChI=1S/C11H18O3/c1-2-9(11(13)14)10(12)8-6-4-3-5-7-8/h8-9H,2-7H2,1H3,(H,13,14). The molecule has 0 saturated heterocycles. The van der Waals surface area contributed by atoms with Gasteiger partial charge >= 0.3 is 5.97 Å². The number of ketones is 1. The van der Waals surface area contributed by atoms with Crippen molar-refractivity contribution in [2.75, 3.05) is 0 Å². The summed E-state index contributed by atoms with van der Waals surface area (Å²) in [6, 6.07) is 0. The number of hydrogen-bond donors (Lipinski definition) is 1. The largest absolute Gasteiger partial charge is 0.481 e. The number of carbonyl (C=O) groups excluding carboxylic acids is 1. The Hall–Kier alpha value is -0.860. The molecule has 3 nitrogen and oxygen atoms in total. The Kier molecular flexibility index (Phi) is 4.11. The van der Waals surface area contributed by atoms with Gasteiger partial charge in [-0.2, -0.15) is 0 Å². The zero-order valence-corrected chi connectivity index (χ0v) is 8.66. The summed E-state index contributed by atoms with van der Waals surface area (Å²) in [7, 11) is 0. The SMILES string of the molecule is CCC(C(=O)O)C(=O)C1CCCCC1. The van der Waals surface area contributed by atoms with E-state index in [1.165, 1.54) is 6.42 Å². The van der Waals surface area contributed by atoms with Gasteiger partial charge in [-0.25, -0.2) is 0 Å². The second-order valence-corrected chi connectivity index (χ2v) is 4.04. The van der Waals surface area contributed by atoms with Crippen LogP contribution in [0.5, 0.6) is 0 Å². The van der Waals surface area contributed by atoms with Crippen molar-refractivity contribution < 1.29 is 14.7 Å². The molecule has 0 heterocycles. The van der Waals surface area contributed by atoms with E-state index in [-0.39, 0.29) is 11.7 Å². The molecule has 80 valence electrons. The predicted octanol–water partition coefficient (Wildman–Crippen LogP) is 2.25. The van der Waals surface area contributed by atoms with E-state index in [2.05, 4.69) is 0 Å². The van der Waals surface area contributed by atoms with Crippen LogP contribution in [0, 0.1) is 11.8 Å². The summed E-state index contributed by atoms with van der Waals surface area (Å²) < 4.78 is 0. The molecule has 0 aromatic heterocycles. The number of hydrogen-bond acceptors (Lipinski definition) is 2. The molecular weight excluding hydrogens is 180 g/mol. The lowest BCUT2D eigenvalue weighted by Gasteiger charge is -2.22. The van der Waals surface area contributed by atoms with Gasteiger partial charge in [-0.3, -0.25) is 9.59 Å². The number of rotatable bonds is 4. The van der Waals surface area contributed by atoms with Crippen molar-refractivity contribution in [2.45, 2.75) is 45.4 Å². The quantitative estimate of drug-likeness (QED) is 0.705. The van der Waals surface area contributed by atoms with E-state index in [0.717, 1.165) is 25.7 Å². The van der Waals surface area contributed by atoms with Crippen LogP contribution in [0.2, 0.25) is 0 Å². The molecule has 1 atom stereocenters. The zero-order chi connectivity index (χ0) is 10.6. The zero-order valence-electron chi connectivity index (χ0n) is 8.66. The van der Waals surface area contributed by atoms with E-state index in [0.29, 0.717) is 6.42 Å². The summed E-state index contributed by atoms with van der Waals surface area (Å²) in [6.07, 6.45) is 5.54. The Bertz CT molecular complexity index is 217. The van der Waals surface area contributed by atoms with Crippen LogP contribution in [-0.2, 0) is 9.59 Å². The minimum Gasteiger partial charge on any atom is -0.481 e. The normalized spacial score (nSPS) is 20.4. The van der Waals surface area contributed by atoms with Crippen molar-refractivity contribution in [3.8, 4) is 0 Å². The van der Waals surface area contributed by atoms with Crippen molar-refractivity contribution in [3.05, 3.63) is 0 Å². The molecular formula is C11H18O3. The fourth-order valence-electron chi connectivity index (χ4n) is 2.17. The highest BCUT2D eigenvalue weighted by atomic mass is 16.4. The van der Waals surface area contributed by atoms with Crippen molar-refractivity contribution >= 4 is 11.8 Å². The first-order valence-corrected chi connectivity index (χ1v) is 5.43. The maximum Gasteiger partial charge on any atom is 0.314 e. The molecule has 3 heteroatoms. The Morgan fingerprint density at radius 2 is 1.86 bits per heavy atom. The maximum absolute atomic E-state index is 11.8. The van der Waals surface area contributed by atoms with E-state index < -0.39 is 11.9 Å². The Morgan fingerprint density at radius 1 is 1.29 bits per heavy atom. The summed E-state index contributed by atoms with van der Waals surface area (Å²) in [4.78, 5) is 22.6. The molecule has 0 spiro atoms. The number of carboxylic acid groups (broad SMARTS) is 1. The Balaban J connectivity index is 2.56. The van der Waals surface area contributed by atoms with E-state index in [1.807, 2.05) is 0 Å². The van der Waals surface area contributed by atoms with Gasteiger partial charge in [-0.05, 0) is 19.3 Å². The van der Waals surface area contributed by atoms with Gasteiger partial charge in [-0.1, -0.05) is 26.2 Å². The molecule has 0 radical (unpaired) electrons. The second kappa shape index (κ2) is 5.13. The van der Waals surface area contributed by atoms with Gasteiger partial charge in [-0.15, -0.1) is 0 Å². The van der Waals surface area contributed by atoms with Gasteiger partial charge in [0.2, 0.25) is 0 Å². The molecule has 0 bridgehead atoms. The summed E-state index contributed by atoms with van der Waals surface area (Å²) in [5, 5.41) is 8.85. The molecule has 1 rings (SSSR count). The summed E-state index contributed by atoms with van der Waals surface area (Å²) >= 11 is 0. The highest BCUT2D eigenvalue weighted by molar-refractivity contribution is 5.99. The van der Waals surface area contributed by atoms with Crippen LogP contribution < -0.4 is 0 Å². The van der Waals surface area contributed by atoms with Crippen LogP contribution in [-0.4, -0.2) is 16.9 Å². The fourth-order valence-corrected chi connectivity index (χ4v) is 2.17. The van der Waals surface area contributed by atoms with Crippen LogP contribution in [0.1, 0.15) is 45.4 Å². The topological polar surface area (TPSA) is 54.4 Å². The molecule has 0 amide bonds. The predicted molar refractivity (Wildman–Crippen MR) is 53.0 cm³/mol. The van der Waals surface area contributed by atoms with Crippen molar-refractivity contribution in [2.24, 2.45) is 11.8 Å². The highest BCUT2D eigenvalue weighted by Gasteiger charge is 2.31. The number of aliphatic carboxylic acids is 1. The molecule has 0 aromatic rings. The average Bonchev–Trinajstić information content (AvgIpc) is 2.19. The molecule has 14 heavy (non-hydrogen) atoms. The van der Waals surface area contributed by atoms with Crippen molar-refractivity contribution in [3.63, 3.8) is 0 Å². The van der Waals surface area contributed by atoms with Crippen LogP contribution in [0.25, 0.3) is 0 Å². The molecule has 1 aliphatic carbocycles. The van der Waals surface area contributed by atoms with Gasteiger partial charge in [0, 0.05) is 5.92 Å². The van der Waals surface area contributed by atoms with Crippen LogP contribution in [0.15, 0.2) is 0 Å². The molecule has 1 unspecified atom stereocenters. The van der Waals surface area contributed by atoms with Crippen molar-refractivity contribution in [1.82, 2.24) is 0 Å². The first kappa shape index (κ1) is 11.2. The molecule has 1 N–H and O–H groups in total. The Labute approximate surface area is 84.5 Å². The monoisotopic (exact) mass is 198 g/mol. The van der Waals surface area contributed by atoms with Crippen LogP contribution in [0.3, 0.4) is 0 Å². The lowest BCUT2D eigenvalue weighted by atomic mass is 9.81. The van der Waals surface area contributed by atoms with Gasteiger partial charge in [0.1, 0.15) is 11.7 Å². The van der Waals surface area contributed by atoms with E-state index in [9.17, 15) is 9.59 Å². The molecule has 0 aliphatic heterocycles. The van der Waals surface area contributed by atoms with E-state index in [4.69, 9.17) is 5.11 Å².